The number of fused-ring (bicyclic) bond motifs is 1. The van der Waals surface area contributed by atoms with Crippen molar-refractivity contribution in [2.24, 2.45) is 0 Å². The third-order valence-electron chi connectivity index (χ3n) is 6.26. The molecule has 5 rings (SSSR count). The molecule has 13 heteroatoms. The van der Waals surface area contributed by atoms with E-state index in [1.807, 2.05) is 0 Å². The predicted octanol–water partition coefficient (Wildman–Crippen LogP) is 4.51. The summed E-state index contributed by atoms with van der Waals surface area (Å²) in [6, 6.07) is 12.9. The maximum Gasteiger partial charge on any atom is 0.263 e. The molecule has 0 unspecified atom stereocenters. The molecule has 196 valence electrons. The van der Waals surface area contributed by atoms with Crippen LogP contribution in [0.3, 0.4) is 0 Å². The number of hydrogen-bond donors (Lipinski definition) is 2. The standard InChI is InChI=1S/C25H21ClF2N6O3S/c1-16(25(35,13-33-15-29-14-30-33)20-8-6-18(27)11-22(20)28)34-12-17-10-19(7-9-23(17)31-34)32-38(36,37)24-5-3-2-4-21(24)26/h2-12,14-16,32,35H,13H2,1H3/t16-,25-/m1/s1. The number of sulfonamides is 1. The van der Waals surface area contributed by atoms with Gasteiger partial charge in [0.05, 0.1) is 23.1 Å². The minimum Gasteiger partial charge on any atom is -0.381 e. The zero-order valence-electron chi connectivity index (χ0n) is 19.8. The first-order valence-electron chi connectivity index (χ1n) is 11.3. The van der Waals surface area contributed by atoms with Gasteiger partial charge in [-0.2, -0.15) is 10.2 Å². The smallest absolute Gasteiger partial charge is 0.263 e. The molecule has 38 heavy (non-hydrogen) atoms. The highest BCUT2D eigenvalue weighted by atomic mass is 35.5. The summed E-state index contributed by atoms with van der Waals surface area (Å²) in [5.41, 5.74) is -1.29. The molecular weight excluding hydrogens is 538 g/mol. The molecule has 0 amide bonds. The number of hydrogen-bond acceptors (Lipinski definition) is 6. The highest BCUT2D eigenvalue weighted by Gasteiger charge is 2.41. The van der Waals surface area contributed by atoms with Crippen LogP contribution in [-0.4, -0.2) is 38.1 Å². The summed E-state index contributed by atoms with van der Waals surface area (Å²) in [7, 11) is -3.96. The Kier molecular flexibility index (Phi) is 6.63. The van der Waals surface area contributed by atoms with Crippen molar-refractivity contribution >= 4 is 38.2 Å². The van der Waals surface area contributed by atoms with Gasteiger partial charge in [0.1, 0.15) is 34.8 Å². The fourth-order valence-electron chi connectivity index (χ4n) is 4.24. The van der Waals surface area contributed by atoms with Gasteiger partial charge in [-0.05, 0) is 43.3 Å². The summed E-state index contributed by atoms with van der Waals surface area (Å²) < 4.78 is 59.5. The molecule has 0 aliphatic carbocycles. The van der Waals surface area contributed by atoms with E-state index in [2.05, 4.69) is 19.9 Å². The van der Waals surface area contributed by atoms with Gasteiger partial charge >= 0.3 is 0 Å². The predicted molar refractivity (Wildman–Crippen MR) is 137 cm³/mol. The molecule has 0 spiro atoms. The summed E-state index contributed by atoms with van der Waals surface area (Å²) in [6.45, 7) is 1.43. The Bertz CT molecular complexity index is 1730. The topological polar surface area (TPSA) is 115 Å². The summed E-state index contributed by atoms with van der Waals surface area (Å²) in [6.07, 6.45) is 4.25. The molecule has 9 nitrogen and oxygen atoms in total. The Morgan fingerprint density at radius 3 is 2.63 bits per heavy atom. The lowest BCUT2D eigenvalue weighted by atomic mass is 9.86. The van der Waals surface area contributed by atoms with Gasteiger partial charge in [-0.15, -0.1) is 0 Å². The van der Waals surface area contributed by atoms with E-state index in [4.69, 9.17) is 11.6 Å². The second-order valence-electron chi connectivity index (χ2n) is 8.74. The molecule has 0 aliphatic heterocycles. The number of aromatic nitrogens is 5. The van der Waals surface area contributed by atoms with Crippen molar-refractivity contribution in [3.63, 3.8) is 0 Å². The lowest BCUT2D eigenvalue weighted by Crippen LogP contribution is -2.40. The van der Waals surface area contributed by atoms with Crippen LogP contribution in [0.1, 0.15) is 18.5 Å². The number of anilines is 1. The number of halogens is 3. The normalized spacial score (nSPS) is 14.3. The zero-order valence-corrected chi connectivity index (χ0v) is 21.4. The molecule has 0 bridgehead atoms. The van der Waals surface area contributed by atoms with E-state index in [1.54, 1.807) is 43.5 Å². The first kappa shape index (κ1) is 25.8. The van der Waals surface area contributed by atoms with Crippen LogP contribution >= 0.6 is 11.6 Å². The van der Waals surface area contributed by atoms with Crippen LogP contribution in [0.4, 0.5) is 14.5 Å². The first-order valence-corrected chi connectivity index (χ1v) is 13.2. The molecule has 2 heterocycles. The van der Waals surface area contributed by atoms with Gasteiger partial charge in [0.15, 0.2) is 0 Å². The van der Waals surface area contributed by atoms with E-state index in [0.717, 1.165) is 6.07 Å². The van der Waals surface area contributed by atoms with Gasteiger partial charge in [0, 0.05) is 28.9 Å². The fraction of sp³-hybridized carbons (Fsp3) is 0.160. The highest BCUT2D eigenvalue weighted by Crippen LogP contribution is 2.37. The Labute approximate surface area is 221 Å². The minimum atomic E-state index is -3.96. The van der Waals surface area contributed by atoms with Crippen LogP contribution in [0.5, 0.6) is 0 Å². The summed E-state index contributed by atoms with van der Waals surface area (Å²) in [5, 5.41) is 21.0. The van der Waals surface area contributed by atoms with Crippen LogP contribution in [0.25, 0.3) is 10.9 Å². The molecule has 2 N–H and O–H groups in total. The zero-order chi connectivity index (χ0) is 27.1. The first-order chi connectivity index (χ1) is 18.1. The number of aliphatic hydroxyl groups is 1. The van der Waals surface area contributed by atoms with Gasteiger partial charge in [-0.3, -0.25) is 9.40 Å². The van der Waals surface area contributed by atoms with E-state index in [-0.39, 0.29) is 27.7 Å². The maximum absolute atomic E-state index is 14.9. The minimum absolute atomic E-state index is 0.0643. The van der Waals surface area contributed by atoms with Crippen molar-refractivity contribution in [1.29, 1.82) is 0 Å². The van der Waals surface area contributed by atoms with Crippen molar-refractivity contribution in [3.8, 4) is 0 Å². The van der Waals surface area contributed by atoms with Crippen molar-refractivity contribution in [2.75, 3.05) is 4.72 Å². The van der Waals surface area contributed by atoms with Crippen LogP contribution in [0.15, 0.2) is 84.4 Å². The summed E-state index contributed by atoms with van der Waals surface area (Å²) in [4.78, 5) is 3.81. The largest absolute Gasteiger partial charge is 0.381 e. The monoisotopic (exact) mass is 558 g/mol. The van der Waals surface area contributed by atoms with E-state index >= 15 is 0 Å². The van der Waals surface area contributed by atoms with E-state index in [0.29, 0.717) is 17.0 Å². The Hall–Kier alpha value is -3.87. The Balaban J connectivity index is 1.51. The van der Waals surface area contributed by atoms with E-state index < -0.39 is 33.3 Å². The lowest BCUT2D eigenvalue weighted by molar-refractivity contribution is -0.0366. The summed E-state index contributed by atoms with van der Waals surface area (Å²) >= 11 is 6.06. The average molecular weight is 559 g/mol. The number of rotatable bonds is 8. The molecule has 2 atom stereocenters. The second kappa shape index (κ2) is 9.78. The van der Waals surface area contributed by atoms with Gasteiger partial charge in [0.2, 0.25) is 0 Å². The average Bonchev–Trinajstić information content (AvgIpc) is 3.52. The molecule has 3 aromatic carbocycles. The van der Waals surface area contributed by atoms with E-state index in [9.17, 15) is 22.3 Å². The SMILES string of the molecule is C[C@@H](n1cc2cc(NS(=O)(=O)c3ccccc3Cl)ccc2n1)[C@](O)(Cn1cncn1)c1ccc(F)cc1F. The highest BCUT2D eigenvalue weighted by molar-refractivity contribution is 7.92. The Morgan fingerprint density at radius 1 is 1.13 bits per heavy atom. The van der Waals surface area contributed by atoms with Crippen LogP contribution in [0.2, 0.25) is 5.02 Å². The van der Waals surface area contributed by atoms with E-state index in [1.165, 1.54) is 40.2 Å². The molecule has 2 aromatic heterocycles. The van der Waals surface area contributed by atoms with Crippen LogP contribution < -0.4 is 4.72 Å². The number of nitrogens with one attached hydrogen (secondary N) is 1. The van der Waals surface area contributed by atoms with Gasteiger partial charge < -0.3 is 5.11 Å². The summed E-state index contributed by atoms with van der Waals surface area (Å²) in [5.74, 6) is -1.70. The fourth-order valence-corrected chi connectivity index (χ4v) is 5.81. The number of nitrogens with zero attached hydrogens (tertiary/aromatic N) is 5. The maximum atomic E-state index is 14.9. The van der Waals surface area contributed by atoms with Gasteiger partial charge in [0.25, 0.3) is 10.0 Å². The van der Waals surface area contributed by atoms with Crippen molar-refractivity contribution in [1.82, 2.24) is 24.5 Å². The lowest BCUT2D eigenvalue weighted by Gasteiger charge is -2.34. The molecule has 0 saturated heterocycles. The third kappa shape index (κ3) is 4.85. The van der Waals surface area contributed by atoms with Crippen molar-refractivity contribution < 1.29 is 22.3 Å². The quantitative estimate of drug-likeness (QED) is 0.290. The molecular formula is C25H21ClF2N6O3S. The van der Waals surface area contributed by atoms with Crippen molar-refractivity contribution in [2.45, 2.75) is 30.0 Å². The van der Waals surface area contributed by atoms with Gasteiger partial charge in [-0.25, -0.2) is 26.9 Å². The number of benzene rings is 3. The van der Waals surface area contributed by atoms with Gasteiger partial charge in [-0.1, -0.05) is 29.8 Å². The van der Waals surface area contributed by atoms with Crippen LogP contribution in [-0.2, 0) is 22.2 Å². The second-order valence-corrected chi connectivity index (χ2v) is 10.8. The Morgan fingerprint density at radius 2 is 1.92 bits per heavy atom. The molecule has 0 fully saturated rings. The molecule has 0 saturated carbocycles. The molecule has 5 aromatic rings. The molecule has 0 radical (unpaired) electrons. The van der Waals surface area contributed by atoms with Crippen LogP contribution in [0, 0.1) is 11.6 Å². The molecule has 0 aliphatic rings. The van der Waals surface area contributed by atoms with Crippen molar-refractivity contribution in [3.05, 3.63) is 102 Å². The third-order valence-corrected chi connectivity index (χ3v) is 8.14.